The molecule has 2 aromatic carbocycles. The highest BCUT2D eigenvalue weighted by Gasteiger charge is 2.22. The lowest BCUT2D eigenvalue weighted by Gasteiger charge is -2.09. The lowest BCUT2D eigenvalue weighted by Crippen LogP contribution is -2.24. The number of nitrogens with zero attached hydrogens (tertiary/aromatic N) is 4. The molecule has 6 nitrogen and oxygen atoms in total. The molecule has 7 heteroatoms. The minimum absolute atomic E-state index is 0.174. The Morgan fingerprint density at radius 3 is 2.50 bits per heavy atom. The van der Waals surface area contributed by atoms with Gasteiger partial charge in [-0.2, -0.15) is 0 Å². The standard InChI is InChI=1S/C21H16FN5O/c22-17-8-10-18(11-9-17)27-20(16-7-4-12-23-14-16)19(25-26-27)21(28)24-13-15-5-2-1-3-6-15/h1-12,14H,13H2,(H,24,28). The van der Waals surface area contributed by atoms with Gasteiger partial charge in [-0.05, 0) is 42.0 Å². The summed E-state index contributed by atoms with van der Waals surface area (Å²) < 4.78 is 14.8. The smallest absolute Gasteiger partial charge is 0.274 e. The summed E-state index contributed by atoms with van der Waals surface area (Å²) in [5.41, 5.74) is 2.92. The highest BCUT2D eigenvalue weighted by Crippen LogP contribution is 2.24. The fourth-order valence-electron chi connectivity index (χ4n) is 2.82. The van der Waals surface area contributed by atoms with Crippen molar-refractivity contribution in [3.05, 3.63) is 96.2 Å². The van der Waals surface area contributed by atoms with E-state index in [9.17, 15) is 9.18 Å². The highest BCUT2D eigenvalue weighted by atomic mass is 19.1. The SMILES string of the molecule is O=C(NCc1ccccc1)c1nnn(-c2ccc(F)cc2)c1-c1cccnc1. The molecule has 0 atom stereocenters. The summed E-state index contributed by atoms with van der Waals surface area (Å²) in [7, 11) is 0. The minimum Gasteiger partial charge on any atom is -0.346 e. The maximum absolute atomic E-state index is 13.3. The van der Waals surface area contributed by atoms with Crippen LogP contribution in [0.3, 0.4) is 0 Å². The number of benzene rings is 2. The molecule has 28 heavy (non-hydrogen) atoms. The highest BCUT2D eigenvalue weighted by molar-refractivity contribution is 5.98. The van der Waals surface area contributed by atoms with Gasteiger partial charge in [0.1, 0.15) is 11.5 Å². The molecule has 0 fully saturated rings. The third-order valence-corrected chi connectivity index (χ3v) is 4.19. The van der Waals surface area contributed by atoms with E-state index in [2.05, 4.69) is 20.6 Å². The fraction of sp³-hybridized carbons (Fsp3) is 0.0476. The first-order valence-electron chi connectivity index (χ1n) is 8.66. The first-order chi connectivity index (χ1) is 13.7. The molecule has 0 aliphatic rings. The summed E-state index contributed by atoms with van der Waals surface area (Å²) >= 11 is 0. The number of pyridine rings is 1. The zero-order valence-electron chi connectivity index (χ0n) is 14.8. The summed E-state index contributed by atoms with van der Waals surface area (Å²) in [6.07, 6.45) is 3.28. The van der Waals surface area contributed by atoms with E-state index < -0.39 is 0 Å². The van der Waals surface area contributed by atoms with E-state index in [1.807, 2.05) is 36.4 Å². The van der Waals surface area contributed by atoms with Crippen molar-refractivity contribution < 1.29 is 9.18 Å². The topological polar surface area (TPSA) is 72.7 Å². The molecule has 0 saturated carbocycles. The molecule has 138 valence electrons. The Balaban J connectivity index is 1.71. The van der Waals surface area contributed by atoms with Crippen LogP contribution in [0.1, 0.15) is 16.1 Å². The Bertz CT molecular complexity index is 1080. The Kier molecular flexibility index (Phi) is 4.88. The quantitative estimate of drug-likeness (QED) is 0.582. The normalized spacial score (nSPS) is 10.6. The zero-order valence-corrected chi connectivity index (χ0v) is 14.8. The first-order valence-corrected chi connectivity index (χ1v) is 8.66. The number of hydrogen-bond donors (Lipinski definition) is 1. The number of carbonyl (C=O) groups is 1. The second-order valence-corrected chi connectivity index (χ2v) is 6.08. The molecule has 0 unspecified atom stereocenters. The summed E-state index contributed by atoms with van der Waals surface area (Å²) in [6, 6.07) is 19.0. The number of rotatable bonds is 5. The molecule has 2 aromatic heterocycles. The van der Waals surface area contributed by atoms with Crippen molar-refractivity contribution >= 4 is 5.91 Å². The van der Waals surface area contributed by atoms with E-state index in [4.69, 9.17) is 0 Å². The molecule has 0 aliphatic carbocycles. The molecule has 0 saturated heterocycles. The van der Waals surface area contributed by atoms with Crippen molar-refractivity contribution in [1.82, 2.24) is 25.3 Å². The average molecular weight is 373 g/mol. The molecule has 1 N–H and O–H groups in total. The predicted octanol–water partition coefficient (Wildman–Crippen LogP) is 3.40. The van der Waals surface area contributed by atoms with Crippen LogP contribution in [-0.4, -0.2) is 25.9 Å². The zero-order chi connectivity index (χ0) is 19.3. The van der Waals surface area contributed by atoms with Crippen molar-refractivity contribution in [2.75, 3.05) is 0 Å². The van der Waals surface area contributed by atoms with Crippen molar-refractivity contribution in [3.63, 3.8) is 0 Å². The van der Waals surface area contributed by atoms with E-state index >= 15 is 0 Å². The van der Waals surface area contributed by atoms with E-state index in [0.717, 1.165) is 5.56 Å². The second kappa shape index (κ2) is 7.79. The lowest BCUT2D eigenvalue weighted by molar-refractivity contribution is 0.0946. The molecule has 4 aromatic rings. The molecular weight excluding hydrogens is 357 g/mol. The van der Waals surface area contributed by atoms with Crippen molar-refractivity contribution in [2.24, 2.45) is 0 Å². The number of aromatic nitrogens is 4. The number of amides is 1. The number of halogens is 1. The summed E-state index contributed by atoms with van der Waals surface area (Å²) in [5.74, 6) is -0.705. The first kappa shape index (κ1) is 17.5. The van der Waals surface area contributed by atoms with Gasteiger partial charge in [-0.15, -0.1) is 5.10 Å². The van der Waals surface area contributed by atoms with Crippen LogP contribution in [0.5, 0.6) is 0 Å². The van der Waals surface area contributed by atoms with Crippen LogP contribution in [0, 0.1) is 5.82 Å². The molecule has 0 spiro atoms. The van der Waals surface area contributed by atoms with Gasteiger partial charge in [-0.25, -0.2) is 9.07 Å². The number of nitrogens with one attached hydrogen (secondary N) is 1. The van der Waals surface area contributed by atoms with Gasteiger partial charge in [0, 0.05) is 24.5 Å². The van der Waals surface area contributed by atoms with Crippen molar-refractivity contribution in [3.8, 4) is 16.9 Å². The third kappa shape index (κ3) is 3.64. The van der Waals surface area contributed by atoms with Gasteiger partial charge in [0.15, 0.2) is 5.69 Å². The second-order valence-electron chi connectivity index (χ2n) is 6.08. The van der Waals surface area contributed by atoms with Crippen LogP contribution in [0.15, 0.2) is 79.1 Å². The van der Waals surface area contributed by atoms with E-state index in [0.29, 0.717) is 23.5 Å². The van der Waals surface area contributed by atoms with Gasteiger partial charge in [0.2, 0.25) is 0 Å². The Morgan fingerprint density at radius 1 is 1.00 bits per heavy atom. The third-order valence-electron chi connectivity index (χ3n) is 4.19. The molecule has 1 amide bonds. The number of carbonyl (C=O) groups excluding carboxylic acids is 1. The average Bonchev–Trinajstić information content (AvgIpc) is 3.19. The molecular formula is C21H16FN5O. The van der Waals surface area contributed by atoms with Crippen LogP contribution in [0.4, 0.5) is 4.39 Å². The molecule has 0 aliphatic heterocycles. The maximum Gasteiger partial charge on any atom is 0.274 e. The van der Waals surface area contributed by atoms with Gasteiger partial charge in [0.25, 0.3) is 5.91 Å². The predicted molar refractivity (Wildman–Crippen MR) is 102 cm³/mol. The summed E-state index contributed by atoms with van der Waals surface area (Å²) in [4.78, 5) is 16.9. The summed E-state index contributed by atoms with van der Waals surface area (Å²) in [6.45, 7) is 0.371. The fourth-order valence-corrected chi connectivity index (χ4v) is 2.82. The van der Waals surface area contributed by atoms with Crippen molar-refractivity contribution in [1.29, 1.82) is 0 Å². The van der Waals surface area contributed by atoms with E-state index in [1.54, 1.807) is 30.6 Å². The van der Waals surface area contributed by atoms with E-state index in [-0.39, 0.29) is 17.4 Å². The van der Waals surface area contributed by atoms with Gasteiger partial charge in [0.05, 0.1) is 5.69 Å². The van der Waals surface area contributed by atoms with Gasteiger partial charge >= 0.3 is 0 Å². The molecule has 4 rings (SSSR count). The van der Waals surface area contributed by atoms with Gasteiger partial charge in [-0.3, -0.25) is 9.78 Å². The van der Waals surface area contributed by atoms with E-state index in [1.165, 1.54) is 16.8 Å². The van der Waals surface area contributed by atoms with Gasteiger partial charge < -0.3 is 5.32 Å². The maximum atomic E-state index is 13.3. The lowest BCUT2D eigenvalue weighted by atomic mass is 10.1. The molecule has 2 heterocycles. The minimum atomic E-state index is -0.354. The Hall–Kier alpha value is -3.87. The van der Waals surface area contributed by atoms with Crippen LogP contribution >= 0.6 is 0 Å². The van der Waals surface area contributed by atoms with Gasteiger partial charge in [-0.1, -0.05) is 35.5 Å². The molecule has 0 bridgehead atoms. The van der Waals surface area contributed by atoms with Crippen LogP contribution in [0.25, 0.3) is 16.9 Å². The van der Waals surface area contributed by atoms with Crippen molar-refractivity contribution in [2.45, 2.75) is 6.54 Å². The van der Waals surface area contributed by atoms with Crippen LogP contribution in [-0.2, 0) is 6.54 Å². The Labute approximate surface area is 160 Å². The summed E-state index contributed by atoms with van der Waals surface area (Å²) in [5, 5.41) is 11.1. The molecule has 0 radical (unpaired) electrons. The Morgan fingerprint density at radius 2 is 1.79 bits per heavy atom. The van der Waals surface area contributed by atoms with Crippen LogP contribution in [0.2, 0.25) is 0 Å². The number of hydrogen-bond acceptors (Lipinski definition) is 4. The monoisotopic (exact) mass is 373 g/mol. The van der Waals surface area contributed by atoms with Crippen LogP contribution < -0.4 is 5.32 Å². The largest absolute Gasteiger partial charge is 0.346 e.